The fourth-order valence-corrected chi connectivity index (χ4v) is 6.50. The molecule has 5 N–H and O–H groups in total. The van der Waals surface area contributed by atoms with E-state index >= 15 is 0 Å². The number of nitrogens with zero attached hydrogens (tertiary/aromatic N) is 5. The zero-order chi connectivity index (χ0) is 27.5. The third kappa shape index (κ3) is 7.38. The summed E-state index contributed by atoms with van der Waals surface area (Å²) in [6, 6.07) is 11.4. The molecule has 2 saturated carbocycles. The highest BCUT2D eigenvalue weighted by Gasteiger charge is 2.27. The molecule has 42 heavy (non-hydrogen) atoms. The van der Waals surface area contributed by atoms with Crippen molar-refractivity contribution in [3.8, 4) is 0 Å². The van der Waals surface area contributed by atoms with Crippen LogP contribution in [0.2, 0.25) is 0 Å². The number of amides is 2. The second-order valence-electron chi connectivity index (χ2n) is 11.9. The van der Waals surface area contributed by atoms with Crippen LogP contribution in [0.1, 0.15) is 88.8 Å². The highest BCUT2D eigenvalue weighted by molar-refractivity contribution is 5.86. The van der Waals surface area contributed by atoms with Crippen LogP contribution in [0, 0.1) is 0 Å². The van der Waals surface area contributed by atoms with Crippen LogP contribution in [0.15, 0.2) is 36.7 Å². The molecule has 0 spiro atoms. The third-order valence-electron chi connectivity index (χ3n) is 9.01. The Kier molecular flexibility index (Phi) is 11.1. The van der Waals surface area contributed by atoms with E-state index in [2.05, 4.69) is 20.5 Å². The topological polar surface area (TPSA) is 126 Å². The number of aromatic nitrogens is 4. The molecular weight excluding hydrogens is 573 g/mol. The van der Waals surface area contributed by atoms with E-state index in [-0.39, 0.29) is 42.9 Å². The number of urea groups is 1. The smallest absolute Gasteiger partial charge is 0.317 e. The fraction of sp³-hybridized carbons (Fsp3) is 0.600. The average Bonchev–Trinajstić information content (AvgIpc) is 3.65. The number of fused-ring (bicyclic) bond motifs is 1. The first-order valence-corrected chi connectivity index (χ1v) is 15.2. The molecule has 3 aliphatic rings. The van der Waals surface area contributed by atoms with E-state index in [1.807, 2.05) is 48.5 Å². The molecule has 2 aromatic heterocycles. The molecule has 2 amide bonds. The van der Waals surface area contributed by atoms with Gasteiger partial charge < -0.3 is 31.2 Å². The van der Waals surface area contributed by atoms with E-state index in [4.69, 9.17) is 20.7 Å². The summed E-state index contributed by atoms with van der Waals surface area (Å²) in [5.74, 6) is 1.46. The molecule has 6 rings (SSSR count). The average molecular weight is 619 g/mol. The van der Waals surface area contributed by atoms with E-state index in [0.29, 0.717) is 37.2 Å². The van der Waals surface area contributed by atoms with E-state index in [9.17, 15) is 4.79 Å². The number of nitrogens with one attached hydrogen (secondary N) is 3. The summed E-state index contributed by atoms with van der Waals surface area (Å²) in [4.78, 5) is 29.6. The molecule has 1 saturated heterocycles. The Morgan fingerprint density at radius 2 is 1.57 bits per heavy atom. The van der Waals surface area contributed by atoms with Crippen molar-refractivity contribution in [2.24, 2.45) is 5.73 Å². The lowest BCUT2D eigenvalue weighted by atomic mass is 9.92. The summed E-state index contributed by atoms with van der Waals surface area (Å²) in [5.41, 5.74) is 8.99. The number of nitrogens with two attached hydrogens (primary N) is 1. The molecule has 230 valence electrons. The van der Waals surface area contributed by atoms with E-state index in [1.54, 1.807) is 0 Å². The Morgan fingerprint density at radius 1 is 0.905 bits per heavy atom. The molecule has 0 unspecified atom stereocenters. The van der Waals surface area contributed by atoms with Gasteiger partial charge in [-0.3, -0.25) is 0 Å². The van der Waals surface area contributed by atoms with Gasteiger partial charge in [0.25, 0.3) is 0 Å². The van der Waals surface area contributed by atoms with Gasteiger partial charge in [0.05, 0.1) is 12.4 Å². The van der Waals surface area contributed by atoms with Crippen molar-refractivity contribution < 1.29 is 4.79 Å². The second-order valence-corrected chi connectivity index (χ2v) is 11.9. The zero-order valence-corrected chi connectivity index (χ0v) is 26.0. The number of halogens is 2. The molecule has 1 aromatic carbocycles. The van der Waals surface area contributed by atoms with Gasteiger partial charge in [-0.15, -0.1) is 24.8 Å². The van der Waals surface area contributed by atoms with Crippen LogP contribution in [0.4, 0.5) is 16.6 Å². The predicted octanol–water partition coefficient (Wildman–Crippen LogP) is 5.81. The van der Waals surface area contributed by atoms with Crippen molar-refractivity contribution in [2.45, 2.75) is 101 Å². The van der Waals surface area contributed by atoms with Crippen LogP contribution >= 0.6 is 24.8 Å². The number of hydrogen-bond donors (Lipinski definition) is 4. The zero-order valence-electron chi connectivity index (χ0n) is 24.4. The minimum atomic E-state index is -0.0281. The first-order chi connectivity index (χ1) is 19.5. The van der Waals surface area contributed by atoms with E-state index in [0.717, 1.165) is 61.1 Å². The van der Waals surface area contributed by atoms with Gasteiger partial charge in [0.15, 0.2) is 17.0 Å². The van der Waals surface area contributed by atoms with Crippen LogP contribution in [-0.2, 0) is 0 Å². The summed E-state index contributed by atoms with van der Waals surface area (Å²) in [5, 5.41) is 10.5. The number of rotatable bonds is 7. The van der Waals surface area contributed by atoms with Crippen LogP contribution in [-0.4, -0.2) is 61.7 Å². The minimum Gasteiger partial charge on any atom is -0.365 e. The lowest BCUT2D eigenvalue weighted by Gasteiger charge is -2.33. The van der Waals surface area contributed by atoms with Gasteiger partial charge in [0.1, 0.15) is 0 Å². The maximum atomic E-state index is 12.9. The van der Waals surface area contributed by atoms with Crippen LogP contribution in [0.25, 0.3) is 11.2 Å². The molecule has 3 fully saturated rings. The molecule has 3 heterocycles. The second kappa shape index (κ2) is 14.6. The monoisotopic (exact) mass is 617 g/mol. The quantitative estimate of drug-likeness (QED) is 0.263. The molecule has 0 radical (unpaired) electrons. The number of carbonyl (C=O) groups excluding carboxylic acids is 1. The number of hydrogen-bond acceptors (Lipinski definition) is 7. The normalized spacial score (nSPS) is 22.2. The lowest BCUT2D eigenvalue weighted by Crippen LogP contribution is -2.47. The number of anilines is 2. The molecular formula is C30H45Cl2N9O. The molecule has 0 bridgehead atoms. The fourth-order valence-electron chi connectivity index (χ4n) is 6.50. The summed E-state index contributed by atoms with van der Waals surface area (Å²) < 4.78 is 2.26. The predicted molar refractivity (Wildman–Crippen MR) is 173 cm³/mol. The Morgan fingerprint density at radius 3 is 2.26 bits per heavy atom. The summed E-state index contributed by atoms with van der Waals surface area (Å²) >= 11 is 0. The van der Waals surface area contributed by atoms with Gasteiger partial charge in [-0.2, -0.15) is 9.97 Å². The Labute approximate surface area is 260 Å². The molecule has 1 atom stereocenters. The van der Waals surface area contributed by atoms with Gasteiger partial charge in [0.2, 0.25) is 5.95 Å². The van der Waals surface area contributed by atoms with Crippen molar-refractivity contribution in [3.05, 3.63) is 42.2 Å². The maximum absolute atomic E-state index is 12.9. The van der Waals surface area contributed by atoms with E-state index in [1.165, 1.54) is 25.7 Å². The first-order valence-electron chi connectivity index (χ1n) is 15.2. The van der Waals surface area contributed by atoms with E-state index < -0.39 is 0 Å². The minimum absolute atomic E-state index is 0. The van der Waals surface area contributed by atoms with Gasteiger partial charge in [-0.05, 0) is 63.9 Å². The molecule has 10 nitrogen and oxygen atoms in total. The SMILES string of the molecule is C[C@H](NC(=O)N1CCC(Nc2nc(NC3CCC(N)CC3)nc3c2ncn3C2CCCC2)CC1)c1ccccc1.Cl.Cl. The van der Waals surface area contributed by atoms with Crippen LogP contribution in [0.3, 0.4) is 0 Å². The highest BCUT2D eigenvalue weighted by atomic mass is 35.5. The highest BCUT2D eigenvalue weighted by Crippen LogP contribution is 2.34. The van der Waals surface area contributed by atoms with Crippen molar-refractivity contribution in [1.82, 2.24) is 29.7 Å². The van der Waals surface area contributed by atoms with Crippen LogP contribution < -0.4 is 21.7 Å². The molecule has 1 aliphatic heterocycles. The van der Waals surface area contributed by atoms with Gasteiger partial charge in [-0.25, -0.2) is 9.78 Å². The number of piperidine rings is 1. The van der Waals surface area contributed by atoms with Crippen molar-refractivity contribution >= 4 is 53.8 Å². The summed E-state index contributed by atoms with van der Waals surface area (Å²) in [7, 11) is 0. The maximum Gasteiger partial charge on any atom is 0.317 e. The van der Waals surface area contributed by atoms with Gasteiger partial charge in [-0.1, -0.05) is 43.2 Å². The summed E-state index contributed by atoms with van der Waals surface area (Å²) in [6.07, 6.45) is 12.6. The largest absolute Gasteiger partial charge is 0.365 e. The Bertz CT molecular complexity index is 1280. The standard InChI is InChI=1S/C30H43N9O.2ClH/c1-20(21-7-3-2-4-8-21)33-30(40)38-17-15-24(16-18-38)34-27-26-28(39(19-32-26)25-9-5-6-10-25)37-29(36-27)35-23-13-11-22(31)12-14-23;;/h2-4,7-8,19-20,22-25H,5-6,9-18,31H2,1H3,(H,33,40)(H2,34,35,36,37);2*1H/t20-,22?,23?;;/m0../s1. The van der Waals surface area contributed by atoms with Crippen molar-refractivity contribution in [1.29, 1.82) is 0 Å². The number of imidazole rings is 1. The van der Waals surface area contributed by atoms with Crippen molar-refractivity contribution in [2.75, 3.05) is 23.7 Å². The number of carbonyl (C=O) groups is 1. The van der Waals surface area contributed by atoms with Crippen molar-refractivity contribution in [3.63, 3.8) is 0 Å². The molecule has 12 heteroatoms. The molecule has 2 aliphatic carbocycles. The van der Waals surface area contributed by atoms with Gasteiger partial charge >= 0.3 is 6.03 Å². The Hall–Kier alpha value is -2.82. The third-order valence-corrected chi connectivity index (χ3v) is 9.01. The number of likely N-dealkylation sites (tertiary alicyclic amines) is 1. The Balaban J connectivity index is 0.00000202. The lowest BCUT2D eigenvalue weighted by molar-refractivity contribution is 0.180. The summed E-state index contributed by atoms with van der Waals surface area (Å²) in [6.45, 7) is 3.42. The number of benzene rings is 1. The first kappa shape index (κ1) is 32.1. The van der Waals surface area contributed by atoms with Crippen LogP contribution in [0.5, 0.6) is 0 Å². The van der Waals surface area contributed by atoms with Gasteiger partial charge in [0, 0.05) is 37.3 Å². The molecule has 3 aromatic rings.